The third kappa shape index (κ3) is 5.70. The zero-order valence-electron chi connectivity index (χ0n) is 22.7. The van der Waals surface area contributed by atoms with Crippen LogP contribution in [-0.2, 0) is 27.9 Å². The number of rotatable bonds is 9. The summed E-state index contributed by atoms with van der Waals surface area (Å²) >= 11 is 1.28. The van der Waals surface area contributed by atoms with E-state index >= 15 is 0 Å². The summed E-state index contributed by atoms with van der Waals surface area (Å²) in [6, 6.07) is 10.8. The lowest BCUT2D eigenvalue weighted by atomic mass is 10.0. The van der Waals surface area contributed by atoms with E-state index in [1.807, 2.05) is 51.0 Å². The van der Waals surface area contributed by atoms with E-state index in [0.717, 1.165) is 23.3 Å². The Balaban J connectivity index is 1.59. The standard InChI is InChI=1S/C28H33N5O4S2/c1-16-26(38-28(29-16)30-18(3)34)21-12-22-15-33(17(2)20-9-10-20)27(35)25(22)24(13-21)39(36,37)31-23-8-6-7-19(11-23)14-32(4)5/h6-8,11-13,17,20,31H,9-10,14-15H2,1-5H3,(H,29,30,34)/t17-/m0/s1. The van der Waals surface area contributed by atoms with Crippen molar-refractivity contribution in [3.8, 4) is 10.4 Å². The zero-order chi connectivity index (χ0) is 28.1. The number of aryl methyl sites for hydroxylation is 1. The molecule has 0 radical (unpaired) electrons. The van der Waals surface area contributed by atoms with E-state index in [2.05, 4.69) is 15.0 Å². The van der Waals surface area contributed by atoms with Crippen molar-refractivity contribution in [2.24, 2.45) is 5.92 Å². The first-order valence-corrected chi connectivity index (χ1v) is 15.2. The SMILES string of the molecule is CC(=O)Nc1nc(C)c(-c2cc3c(c(S(=O)(=O)Nc4cccc(CN(C)C)c4)c2)C(=O)N([C@@H](C)C2CC2)C3)s1. The van der Waals surface area contributed by atoms with Gasteiger partial charge in [0, 0.05) is 31.7 Å². The molecule has 2 amide bonds. The molecule has 0 unspecified atom stereocenters. The number of hydrogen-bond donors (Lipinski definition) is 2. The quantitative estimate of drug-likeness (QED) is 0.388. The molecule has 2 heterocycles. The molecular weight excluding hydrogens is 534 g/mol. The number of aromatic nitrogens is 1. The minimum Gasteiger partial charge on any atom is -0.331 e. The van der Waals surface area contributed by atoms with Crippen molar-refractivity contribution >= 4 is 44.0 Å². The third-order valence-electron chi connectivity index (χ3n) is 7.10. The predicted molar refractivity (Wildman–Crippen MR) is 153 cm³/mol. The van der Waals surface area contributed by atoms with E-state index in [9.17, 15) is 18.0 Å². The van der Waals surface area contributed by atoms with Gasteiger partial charge in [0.15, 0.2) is 5.13 Å². The van der Waals surface area contributed by atoms with Crippen LogP contribution in [0.25, 0.3) is 10.4 Å². The number of thiazole rings is 1. The van der Waals surface area contributed by atoms with Gasteiger partial charge in [0.2, 0.25) is 5.91 Å². The average molecular weight is 568 g/mol. The van der Waals surface area contributed by atoms with Crippen LogP contribution in [0.2, 0.25) is 0 Å². The monoisotopic (exact) mass is 567 g/mol. The zero-order valence-corrected chi connectivity index (χ0v) is 24.4. The second-order valence-electron chi connectivity index (χ2n) is 10.7. The van der Waals surface area contributed by atoms with Crippen LogP contribution in [0, 0.1) is 12.8 Å². The summed E-state index contributed by atoms with van der Waals surface area (Å²) in [5.74, 6) is -0.0366. The van der Waals surface area contributed by atoms with Crippen molar-refractivity contribution in [1.29, 1.82) is 0 Å². The van der Waals surface area contributed by atoms with E-state index in [1.54, 1.807) is 23.1 Å². The van der Waals surface area contributed by atoms with Crippen LogP contribution in [0.1, 0.15) is 53.9 Å². The highest BCUT2D eigenvalue weighted by molar-refractivity contribution is 7.92. The highest BCUT2D eigenvalue weighted by Gasteiger charge is 2.41. The van der Waals surface area contributed by atoms with Gasteiger partial charge < -0.3 is 15.1 Å². The molecule has 2 aliphatic rings. The van der Waals surface area contributed by atoms with E-state index in [1.165, 1.54) is 18.3 Å². The van der Waals surface area contributed by atoms with Gasteiger partial charge in [-0.05, 0) is 87.7 Å². The Morgan fingerprint density at radius 2 is 1.97 bits per heavy atom. The molecule has 0 bridgehead atoms. The average Bonchev–Trinajstić information content (AvgIpc) is 3.56. The lowest BCUT2D eigenvalue weighted by molar-refractivity contribution is -0.114. The normalized spacial score (nSPS) is 15.9. The van der Waals surface area contributed by atoms with Gasteiger partial charge in [0.25, 0.3) is 15.9 Å². The number of anilines is 2. The predicted octanol–water partition coefficient (Wildman–Crippen LogP) is 4.69. The highest BCUT2D eigenvalue weighted by atomic mass is 32.2. The van der Waals surface area contributed by atoms with Crippen molar-refractivity contribution in [2.45, 2.75) is 57.6 Å². The molecule has 1 aromatic heterocycles. The summed E-state index contributed by atoms with van der Waals surface area (Å²) in [6.07, 6.45) is 2.16. The molecule has 1 fully saturated rings. The second kappa shape index (κ2) is 10.4. The number of amides is 2. The summed E-state index contributed by atoms with van der Waals surface area (Å²) in [5, 5.41) is 3.15. The summed E-state index contributed by atoms with van der Waals surface area (Å²) in [5.41, 5.74) is 3.63. The molecule has 2 aromatic carbocycles. The first-order chi connectivity index (χ1) is 18.4. The lowest BCUT2D eigenvalue weighted by Crippen LogP contribution is -2.35. The molecule has 39 heavy (non-hydrogen) atoms. The molecular formula is C28H33N5O4S2. The lowest BCUT2D eigenvalue weighted by Gasteiger charge is -2.24. The maximum atomic E-state index is 13.9. The molecule has 1 aliphatic heterocycles. The maximum Gasteiger partial charge on any atom is 0.262 e. The number of carbonyl (C=O) groups is 2. The topological polar surface area (TPSA) is 112 Å². The van der Waals surface area contributed by atoms with Crippen molar-refractivity contribution in [3.63, 3.8) is 0 Å². The Labute approximate surface area is 233 Å². The number of sulfonamides is 1. The Bertz CT molecular complexity index is 1560. The summed E-state index contributed by atoms with van der Waals surface area (Å²) in [4.78, 5) is 34.2. The Hall–Kier alpha value is -3.28. The number of benzene rings is 2. The van der Waals surface area contributed by atoms with Gasteiger partial charge in [-0.1, -0.05) is 23.5 Å². The molecule has 3 aromatic rings. The fourth-order valence-corrected chi connectivity index (χ4v) is 7.44. The van der Waals surface area contributed by atoms with Gasteiger partial charge in [0.1, 0.15) is 4.90 Å². The van der Waals surface area contributed by atoms with Crippen molar-refractivity contribution in [1.82, 2.24) is 14.8 Å². The second-order valence-corrected chi connectivity index (χ2v) is 13.3. The Morgan fingerprint density at radius 1 is 1.23 bits per heavy atom. The van der Waals surface area contributed by atoms with Gasteiger partial charge in [0.05, 0.1) is 16.1 Å². The number of hydrogen-bond acceptors (Lipinski definition) is 7. The maximum absolute atomic E-state index is 13.9. The number of fused-ring (bicyclic) bond motifs is 1. The summed E-state index contributed by atoms with van der Waals surface area (Å²) in [6.45, 7) is 6.29. The molecule has 1 aliphatic carbocycles. The molecule has 9 nitrogen and oxygen atoms in total. The van der Waals surface area contributed by atoms with E-state index in [0.29, 0.717) is 46.6 Å². The van der Waals surface area contributed by atoms with Crippen LogP contribution in [0.3, 0.4) is 0 Å². The molecule has 0 spiro atoms. The summed E-state index contributed by atoms with van der Waals surface area (Å²) < 4.78 is 30.6. The number of carbonyl (C=O) groups excluding carboxylic acids is 2. The van der Waals surface area contributed by atoms with E-state index in [-0.39, 0.29) is 28.3 Å². The molecule has 11 heteroatoms. The molecule has 1 saturated carbocycles. The van der Waals surface area contributed by atoms with Gasteiger partial charge in [-0.2, -0.15) is 0 Å². The van der Waals surface area contributed by atoms with Gasteiger partial charge in [-0.15, -0.1) is 0 Å². The fraction of sp³-hybridized carbons (Fsp3) is 0.393. The fourth-order valence-electron chi connectivity index (χ4n) is 5.12. The number of nitrogens with zero attached hydrogens (tertiary/aromatic N) is 3. The van der Waals surface area contributed by atoms with Crippen LogP contribution in [0.15, 0.2) is 41.3 Å². The van der Waals surface area contributed by atoms with Crippen LogP contribution >= 0.6 is 11.3 Å². The first-order valence-electron chi connectivity index (χ1n) is 12.9. The minimum atomic E-state index is -4.12. The molecule has 5 rings (SSSR count). The van der Waals surface area contributed by atoms with Crippen molar-refractivity contribution in [2.75, 3.05) is 24.1 Å². The first kappa shape index (κ1) is 27.3. The van der Waals surface area contributed by atoms with Crippen LogP contribution in [0.4, 0.5) is 10.8 Å². The number of nitrogens with one attached hydrogen (secondary N) is 2. The molecule has 2 N–H and O–H groups in total. The van der Waals surface area contributed by atoms with Crippen LogP contribution in [-0.4, -0.2) is 55.2 Å². The van der Waals surface area contributed by atoms with Gasteiger partial charge in [-0.3, -0.25) is 14.3 Å². The Kier molecular flexibility index (Phi) is 7.25. The minimum absolute atomic E-state index is 0.0380. The smallest absolute Gasteiger partial charge is 0.262 e. The highest BCUT2D eigenvalue weighted by Crippen LogP contribution is 2.42. The van der Waals surface area contributed by atoms with Crippen LogP contribution < -0.4 is 10.0 Å². The van der Waals surface area contributed by atoms with E-state index < -0.39 is 10.0 Å². The third-order valence-corrected chi connectivity index (χ3v) is 9.63. The van der Waals surface area contributed by atoms with Crippen molar-refractivity contribution in [3.05, 3.63) is 58.8 Å². The van der Waals surface area contributed by atoms with Crippen LogP contribution in [0.5, 0.6) is 0 Å². The van der Waals surface area contributed by atoms with E-state index in [4.69, 9.17) is 0 Å². The molecule has 1 atom stereocenters. The Morgan fingerprint density at radius 3 is 2.64 bits per heavy atom. The van der Waals surface area contributed by atoms with Crippen molar-refractivity contribution < 1.29 is 18.0 Å². The van der Waals surface area contributed by atoms with Gasteiger partial charge >= 0.3 is 0 Å². The summed E-state index contributed by atoms with van der Waals surface area (Å²) in [7, 11) is -0.225. The van der Waals surface area contributed by atoms with Gasteiger partial charge in [-0.25, -0.2) is 13.4 Å². The molecule has 206 valence electrons. The largest absolute Gasteiger partial charge is 0.331 e. The molecule has 0 saturated heterocycles.